The lowest BCUT2D eigenvalue weighted by Crippen LogP contribution is -2.63. The van der Waals surface area contributed by atoms with Gasteiger partial charge in [0.1, 0.15) is 0 Å². The Morgan fingerprint density at radius 1 is 0.750 bits per heavy atom. The average molecular weight is 302 g/mol. The van der Waals surface area contributed by atoms with E-state index in [1.165, 1.54) is 0 Å². The van der Waals surface area contributed by atoms with Crippen molar-refractivity contribution >= 4 is 0 Å². The molecule has 20 heavy (non-hydrogen) atoms. The number of fused-ring (bicyclic) bond motifs is 5. The molecule has 3 aliphatic carbocycles. The molecular weight excluding hydrogens is 286 g/mol. The van der Waals surface area contributed by atoms with Gasteiger partial charge in [-0.1, -0.05) is 0 Å². The Hall–Kier alpha value is -0.460. The third-order valence-corrected chi connectivity index (χ3v) is 5.83. The molecule has 0 saturated heterocycles. The third-order valence-electron chi connectivity index (χ3n) is 5.83. The zero-order chi connectivity index (χ0) is 14.9. The van der Waals surface area contributed by atoms with Crippen molar-refractivity contribution in [3.05, 3.63) is 0 Å². The fourth-order valence-corrected chi connectivity index (χ4v) is 5.14. The molecule has 1 N–H and O–H groups in total. The third kappa shape index (κ3) is 1.67. The SMILES string of the molecule is OC(C1CCC2C3CCC(C3)C21)(C(F)(F)F)C(F)(F)F. The number of hydrogen-bond acceptors (Lipinski definition) is 1. The van der Waals surface area contributed by atoms with E-state index >= 15 is 0 Å². The number of halogens is 6. The van der Waals surface area contributed by atoms with E-state index in [1.807, 2.05) is 0 Å². The first kappa shape index (κ1) is 14.5. The van der Waals surface area contributed by atoms with Gasteiger partial charge >= 0.3 is 12.4 Å². The van der Waals surface area contributed by atoms with Crippen molar-refractivity contribution in [2.75, 3.05) is 0 Å². The summed E-state index contributed by atoms with van der Waals surface area (Å²) in [6, 6.07) is 0. The van der Waals surface area contributed by atoms with Gasteiger partial charge in [-0.2, -0.15) is 26.3 Å². The summed E-state index contributed by atoms with van der Waals surface area (Å²) in [5.74, 6) is -2.23. The highest BCUT2D eigenvalue weighted by Gasteiger charge is 2.76. The molecule has 2 bridgehead atoms. The second-order valence-electron chi connectivity index (χ2n) is 6.52. The Kier molecular flexibility index (Phi) is 2.93. The van der Waals surface area contributed by atoms with Gasteiger partial charge in [-0.3, -0.25) is 0 Å². The maximum Gasteiger partial charge on any atom is 0.426 e. The van der Waals surface area contributed by atoms with Crippen molar-refractivity contribution in [3.8, 4) is 0 Å². The molecule has 0 spiro atoms. The Morgan fingerprint density at radius 2 is 1.30 bits per heavy atom. The summed E-state index contributed by atoms with van der Waals surface area (Å²) in [4.78, 5) is 0. The molecule has 3 saturated carbocycles. The van der Waals surface area contributed by atoms with Gasteiger partial charge in [0.15, 0.2) is 0 Å². The molecule has 0 amide bonds. The summed E-state index contributed by atoms with van der Waals surface area (Å²) >= 11 is 0. The number of alkyl halides is 6. The predicted molar refractivity (Wildman–Crippen MR) is 57.6 cm³/mol. The van der Waals surface area contributed by atoms with Crippen LogP contribution in [0.1, 0.15) is 32.1 Å². The molecule has 0 aromatic carbocycles. The molecule has 116 valence electrons. The van der Waals surface area contributed by atoms with E-state index in [9.17, 15) is 31.4 Å². The fourth-order valence-electron chi connectivity index (χ4n) is 5.14. The summed E-state index contributed by atoms with van der Waals surface area (Å²) in [6.45, 7) is 0. The first-order valence-corrected chi connectivity index (χ1v) is 6.93. The van der Waals surface area contributed by atoms with Gasteiger partial charge < -0.3 is 5.11 Å². The topological polar surface area (TPSA) is 20.2 Å². The Morgan fingerprint density at radius 3 is 1.85 bits per heavy atom. The van der Waals surface area contributed by atoms with Crippen LogP contribution in [-0.4, -0.2) is 23.1 Å². The van der Waals surface area contributed by atoms with Crippen LogP contribution in [0.25, 0.3) is 0 Å². The number of aliphatic hydroxyl groups is 1. The second kappa shape index (κ2) is 4.05. The Labute approximate surface area is 112 Å². The molecule has 1 nitrogen and oxygen atoms in total. The summed E-state index contributed by atoms with van der Waals surface area (Å²) in [7, 11) is 0. The summed E-state index contributed by atoms with van der Waals surface area (Å²) in [6.07, 6.45) is -8.80. The highest BCUT2D eigenvalue weighted by molar-refractivity contribution is 5.11. The van der Waals surface area contributed by atoms with Crippen LogP contribution in [0.3, 0.4) is 0 Å². The van der Waals surface area contributed by atoms with Crippen LogP contribution in [0.4, 0.5) is 26.3 Å². The zero-order valence-corrected chi connectivity index (χ0v) is 10.6. The molecule has 0 aliphatic heterocycles. The van der Waals surface area contributed by atoms with E-state index in [1.54, 1.807) is 0 Å². The minimum Gasteiger partial charge on any atom is -0.373 e. The van der Waals surface area contributed by atoms with Crippen molar-refractivity contribution in [2.24, 2.45) is 29.6 Å². The van der Waals surface area contributed by atoms with Crippen LogP contribution in [0.5, 0.6) is 0 Å². The molecule has 5 unspecified atom stereocenters. The number of hydrogen-bond donors (Lipinski definition) is 1. The molecule has 3 aliphatic rings. The molecular formula is C13H16F6O. The average Bonchev–Trinajstić information content (AvgIpc) is 2.97. The van der Waals surface area contributed by atoms with Gasteiger partial charge in [0.2, 0.25) is 0 Å². The molecule has 0 radical (unpaired) electrons. The first-order chi connectivity index (χ1) is 9.07. The highest BCUT2D eigenvalue weighted by Crippen LogP contribution is 2.65. The second-order valence-corrected chi connectivity index (χ2v) is 6.52. The highest BCUT2D eigenvalue weighted by atomic mass is 19.4. The molecule has 0 aromatic heterocycles. The number of rotatable bonds is 1. The van der Waals surface area contributed by atoms with Crippen LogP contribution in [0.15, 0.2) is 0 Å². The predicted octanol–water partition coefficient (Wildman–Crippen LogP) is 3.91. The standard InChI is InChI=1S/C13H16F6O/c14-12(15,16)11(20,13(17,18)19)9-4-3-8-6-1-2-7(5-6)10(8)9/h6-10,20H,1-5H2. The quantitative estimate of drug-likeness (QED) is 0.728. The maximum atomic E-state index is 13.0. The fraction of sp³-hybridized carbons (Fsp3) is 1.00. The summed E-state index contributed by atoms with van der Waals surface area (Å²) < 4.78 is 77.9. The van der Waals surface area contributed by atoms with Crippen molar-refractivity contribution < 1.29 is 31.4 Å². The molecule has 0 heterocycles. The van der Waals surface area contributed by atoms with E-state index in [2.05, 4.69) is 0 Å². The largest absolute Gasteiger partial charge is 0.426 e. The molecule has 3 fully saturated rings. The molecule has 3 rings (SSSR count). The van der Waals surface area contributed by atoms with Gasteiger partial charge in [0.05, 0.1) is 0 Å². The molecule has 7 heteroatoms. The van der Waals surface area contributed by atoms with Crippen molar-refractivity contribution in [1.29, 1.82) is 0 Å². The smallest absolute Gasteiger partial charge is 0.373 e. The van der Waals surface area contributed by atoms with E-state index in [0.717, 1.165) is 12.8 Å². The van der Waals surface area contributed by atoms with Crippen molar-refractivity contribution in [1.82, 2.24) is 0 Å². The summed E-state index contributed by atoms with van der Waals surface area (Å²) in [5, 5.41) is 9.61. The monoisotopic (exact) mass is 302 g/mol. The van der Waals surface area contributed by atoms with E-state index in [0.29, 0.717) is 12.8 Å². The van der Waals surface area contributed by atoms with Gasteiger partial charge in [-0.05, 0) is 55.8 Å². The lowest BCUT2D eigenvalue weighted by Gasteiger charge is -2.41. The Bertz CT molecular complexity index is 387. The Balaban J connectivity index is 1.98. The van der Waals surface area contributed by atoms with Crippen LogP contribution >= 0.6 is 0 Å². The maximum absolute atomic E-state index is 13.0. The molecule has 0 aromatic rings. The van der Waals surface area contributed by atoms with E-state index in [4.69, 9.17) is 0 Å². The minimum atomic E-state index is -5.67. The van der Waals surface area contributed by atoms with Gasteiger partial charge in [-0.15, -0.1) is 0 Å². The minimum absolute atomic E-state index is 0.0602. The van der Waals surface area contributed by atoms with Crippen LogP contribution in [0, 0.1) is 29.6 Å². The van der Waals surface area contributed by atoms with E-state index in [-0.39, 0.29) is 24.2 Å². The summed E-state index contributed by atoms with van der Waals surface area (Å²) in [5.41, 5.74) is -4.55. The van der Waals surface area contributed by atoms with Gasteiger partial charge in [0.25, 0.3) is 5.60 Å². The van der Waals surface area contributed by atoms with Crippen LogP contribution < -0.4 is 0 Å². The zero-order valence-electron chi connectivity index (χ0n) is 10.6. The van der Waals surface area contributed by atoms with Gasteiger partial charge in [0, 0.05) is 5.92 Å². The normalized spacial score (nSPS) is 41.2. The van der Waals surface area contributed by atoms with Gasteiger partial charge in [-0.25, -0.2) is 0 Å². The molecule has 5 atom stereocenters. The lowest BCUT2D eigenvalue weighted by molar-refractivity contribution is -0.389. The first-order valence-electron chi connectivity index (χ1n) is 6.93. The lowest BCUT2D eigenvalue weighted by atomic mass is 9.71. The van der Waals surface area contributed by atoms with Crippen molar-refractivity contribution in [3.63, 3.8) is 0 Å². The van der Waals surface area contributed by atoms with Crippen LogP contribution in [0.2, 0.25) is 0 Å². The van der Waals surface area contributed by atoms with Crippen molar-refractivity contribution in [2.45, 2.75) is 50.1 Å². The van der Waals surface area contributed by atoms with E-state index < -0.39 is 29.8 Å². The van der Waals surface area contributed by atoms with Crippen LogP contribution in [-0.2, 0) is 0 Å².